The van der Waals surface area contributed by atoms with Crippen molar-refractivity contribution >= 4 is 17.9 Å². The second-order valence-corrected chi connectivity index (χ2v) is 4.53. The molecule has 0 heterocycles. The second-order valence-electron chi connectivity index (χ2n) is 4.53. The van der Waals surface area contributed by atoms with Gasteiger partial charge in [0.05, 0.1) is 5.41 Å². The quantitative estimate of drug-likeness (QED) is 0.510. The highest BCUT2D eigenvalue weighted by atomic mass is 16.4. The van der Waals surface area contributed by atoms with Crippen molar-refractivity contribution in [3.05, 3.63) is 0 Å². The van der Waals surface area contributed by atoms with Crippen molar-refractivity contribution in [2.75, 3.05) is 19.6 Å². The number of hydrogen-bond acceptors (Lipinski definition) is 3. The predicted octanol–water partition coefficient (Wildman–Crippen LogP) is 0.313. The van der Waals surface area contributed by atoms with Crippen molar-refractivity contribution in [1.82, 2.24) is 16.0 Å². The van der Waals surface area contributed by atoms with Gasteiger partial charge in [-0.2, -0.15) is 0 Å². The summed E-state index contributed by atoms with van der Waals surface area (Å²) in [5.41, 5.74) is -0.975. The largest absolute Gasteiger partial charge is 0.481 e. The topological polar surface area (TPSA) is 108 Å². The zero-order valence-corrected chi connectivity index (χ0v) is 11.7. The summed E-state index contributed by atoms with van der Waals surface area (Å²) in [7, 11) is 0. The summed E-state index contributed by atoms with van der Waals surface area (Å²) >= 11 is 0. The van der Waals surface area contributed by atoms with Gasteiger partial charge in [0.15, 0.2) is 0 Å². The number of carboxylic acids is 1. The van der Waals surface area contributed by atoms with Crippen LogP contribution in [0.3, 0.4) is 0 Å². The first-order valence-corrected chi connectivity index (χ1v) is 6.37. The molecule has 0 radical (unpaired) electrons. The van der Waals surface area contributed by atoms with Crippen molar-refractivity contribution in [1.29, 1.82) is 0 Å². The minimum atomic E-state index is -0.975. The van der Waals surface area contributed by atoms with Crippen molar-refractivity contribution in [3.63, 3.8) is 0 Å². The van der Waals surface area contributed by atoms with Crippen molar-refractivity contribution in [2.45, 2.75) is 33.6 Å². The molecule has 7 nitrogen and oxygen atoms in total. The Kier molecular flexibility index (Phi) is 7.55. The third-order valence-corrected chi connectivity index (χ3v) is 2.95. The lowest BCUT2D eigenvalue weighted by Crippen LogP contribution is -2.45. The number of amides is 3. The lowest BCUT2D eigenvalue weighted by Gasteiger charge is -2.23. The van der Waals surface area contributed by atoms with Crippen molar-refractivity contribution in [2.24, 2.45) is 5.41 Å². The van der Waals surface area contributed by atoms with E-state index in [2.05, 4.69) is 16.0 Å². The molecule has 110 valence electrons. The molecular formula is C12H23N3O4. The van der Waals surface area contributed by atoms with Crippen LogP contribution in [0, 0.1) is 5.41 Å². The van der Waals surface area contributed by atoms with Crippen molar-refractivity contribution in [3.8, 4) is 0 Å². The summed E-state index contributed by atoms with van der Waals surface area (Å²) in [5, 5.41) is 16.6. The molecule has 0 saturated carbocycles. The Morgan fingerprint density at radius 2 is 1.74 bits per heavy atom. The molecule has 7 heteroatoms. The summed E-state index contributed by atoms with van der Waals surface area (Å²) in [6.45, 7) is 5.96. The first kappa shape index (κ1) is 17.2. The molecule has 0 aromatic rings. The van der Waals surface area contributed by atoms with E-state index in [9.17, 15) is 14.4 Å². The Hall–Kier alpha value is -1.79. The number of urea groups is 1. The highest BCUT2D eigenvalue weighted by Gasteiger charge is 2.31. The molecule has 1 atom stereocenters. The van der Waals surface area contributed by atoms with E-state index in [1.54, 1.807) is 13.8 Å². The van der Waals surface area contributed by atoms with E-state index in [1.165, 1.54) is 0 Å². The Morgan fingerprint density at radius 3 is 2.21 bits per heavy atom. The molecule has 3 amide bonds. The van der Waals surface area contributed by atoms with Crippen LogP contribution >= 0.6 is 0 Å². The van der Waals surface area contributed by atoms with Crippen LogP contribution in [0.1, 0.15) is 33.6 Å². The Morgan fingerprint density at radius 1 is 1.11 bits per heavy atom. The molecular weight excluding hydrogens is 250 g/mol. The third-order valence-electron chi connectivity index (χ3n) is 2.95. The molecule has 0 aromatic heterocycles. The van der Waals surface area contributed by atoms with E-state index >= 15 is 0 Å². The molecule has 0 aliphatic heterocycles. The van der Waals surface area contributed by atoms with Gasteiger partial charge in [0.25, 0.3) is 0 Å². The van der Waals surface area contributed by atoms with Gasteiger partial charge in [-0.05, 0) is 20.3 Å². The van der Waals surface area contributed by atoms with Crippen LogP contribution in [0.25, 0.3) is 0 Å². The summed E-state index contributed by atoms with van der Waals surface area (Å²) < 4.78 is 0. The summed E-state index contributed by atoms with van der Waals surface area (Å²) in [5.74, 6) is -1.08. The Balaban J connectivity index is 3.93. The van der Waals surface area contributed by atoms with Crippen LogP contribution in [0.15, 0.2) is 0 Å². The standard InChI is InChI=1S/C12H23N3O4/c1-4-12(3,10(17)18)8-15-11(19)14-7-6-9(16)13-5-2/h4-8H2,1-3H3,(H,13,16)(H,17,18)(H2,14,15,19). The SMILES string of the molecule is CCNC(=O)CCNC(=O)NCC(C)(CC)C(=O)O. The van der Waals surface area contributed by atoms with Gasteiger partial charge in [-0.1, -0.05) is 6.92 Å². The molecule has 0 rings (SSSR count). The molecule has 0 spiro atoms. The number of aliphatic carboxylic acids is 1. The van der Waals surface area contributed by atoms with Crippen LogP contribution in [0.2, 0.25) is 0 Å². The lowest BCUT2D eigenvalue weighted by molar-refractivity contribution is -0.147. The van der Waals surface area contributed by atoms with Crippen LogP contribution in [-0.4, -0.2) is 42.6 Å². The molecule has 1 unspecified atom stereocenters. The van der Waals surface area contributed by atoms with Gasteiger partial charge in [-0.15, -0.1) is 0 Å². The second kappa shape index (κ2) is 8.34. The molecule has 0 saturated heterocycles. The monoisotopic (exact) mass is 273 g/mol. The first-order chi connectivity index (χ1) is 8.85. The Labute approximate surface area is 113 Å². The third kappa shape index (κ3) is 6.64. The molecule has 0 bridgehead atoms. The van der Waals surface area contributed by atoms with Gasteiger partial charge in [0.1, 0.15) is 0 Å². The van der Waals surface area contributed by atoms with Gasteiger partial charge in [0.2, 0.25) is 5.91 Å². The molecule has 0 aromatic carbocycles. The maximum absolute atomic E-state index is 11.4. The number of rotatable bonds is 8. The summed E-state index contributed by atoms with van der Waals surface area (Å²) in [6, 6.07) is -0.467. The average Bonchev–Trinajstić information content (AvgIpc) is 2.36. The number of carboxylic acid groups (broad SMARTS) is 1. The number of hydrogen-bond donors (Lipinski definition) is 4. The van der Waals surface area contributed by atoms with Crippen LogP contribution in [0.4, 0.5) is 4.79 Å². The van der Waals surface area contributed by atoms with Crippen LogP contribution < -0.4 is 16.0 Å². The van der Waals surface area contributed by atoms with Gasteiger partial charge < -0.3 is 21.1 Å². The van der Waals surface area contributed by atoms with Gasteiger partial charge in [-0.3, -0.25) is 9.59 Å². The zero-order chi connectivity index (χ0) is 14.9. The smallest absolute Gasteiger partial charge is 0.314 e. The zero-order valence-electron chi connectivity index (χ0n) is 11.7. The minimum Gasteiger partial charge on any atom is -0.481 e. The number of carbonyl (C=O) groups excluding carboxylic acids is 2. The molecule has 0 fully saturated rings. The minimum absolute atomic E-state index is 0.0474. The van der Waals surface area contributed by atoms with Gasteiger partial charge >= 0.3 is 12.0 Å². The lowest BCUT2D eigenvalue weighted by atomic mass is 9.88. The Bertz CT molecular complexity index is 333. The van der Waals surface area contributed by atoms with E-state index in [0.29, 0.717) is 13.0 Å². The average molecular weight is 273 g/mol. The van der Waals surface area contributed by atoms with Gasteiger partial charge in [0, 0.05) is 26.1 Å². The molecule has 4 N–H and O–H groups in total. The van der Waals surface area contributed by atoms with E-state index < -0.39 is 17.4 Å². The van der Waals surface area contributed by atoms with Crippen LogP contribution in [-0.2, 0) is 9.59 Å². The van der Waals surface area contributed by atoms with E-state index in [0.717, 1.165) is 0 Å². The van der Waals surface area contributed by atoms with Crippen molar-refractivity contribution < 1.29 is 19.5 Å². The number of carbonyl (C=O) groups is 3. The first-order valence-electron chi connectivity index (χ1n) is 6.37. The predicted molar refractivity (Wildman–Crippen MR) is 70.7 cm³/mol. The fourth-order valence-corrected chi connectivity index (χ4v) is 1.26. The maximum atomic E-state index is 11.4. The van der Waals surface area contributed by atoms with Gasteiger partial charge in [-0.25, -0.2) is 4.79 Å². The number of nitrogens with one attached hydrogen (secondary N) is 3. The normalized spacial score (nSPS) is 13.2. The fraction of sp³-hybridized carbons (Fsp3) is 0.750. The van der Waals surface area contributed by atoms with E-state index in [1.807, 2.05) is 6.92 Å². The molecule has 19 heavy (non-hydrogen) atoms. The van der Waals surface area contributed by atoms with E-state index in [-0.39, 0.29) is 25.4 Å². The van der Waals surface area contributed by atoms with Crippen LogP contribution in [0.5, 0.6) is 0 Å². The fourth-order valence-electron chi connectivity index (χ4n) is 1.26. The summed E-state index contributed by atoms with van der Waals surface area (Å²) in [6.07, 6.45) is 0.618. The molecule has 0 aliphatic carbocycles. The highest BCUT2D eigenvalue weighted by Crippen LogP contribution is 2.19. The summed E-state index contributed by atoms with van der Waals surface area (Å²) in [4.78, 5) is 33.6. The maximum Gasteiger partial charge on any atom is 0.314 e. The molecule has 0 aliphatic rings. The van der Waals surface area contributed by atoms with E-state index in [4.69, 9.17) is 5.11 Å². The highest BCUT2D eigenvalue weighted by molar-refractivity contribution is 5.79.